The summed E-state index contributed by atoms with van der Waals surface area (Å²) >= 11 is 0. The van der Waals surface area contributed by atoms with Gasteiger partial charge in [-0.2, -0.15) is 0 Å². The second kappa shape index (κ2) is 4.78. The van der Waals surface area contributed by atoms with Gasteiger partial charge in [0, 0.05) is 31.2 Å². The molecule has 0 spiro atoms. The van der Waals surface area contributed by atoms with Gasteiger partial charge in [-0.15, -0.1) is 0 Å². The van der Waals surface area contributed by atoms with Crippen molar-refractivity contribution < 1.29 is 4.79 Å². The zero-order valence-corrected chi connectivity index (χ0v) is 10.1. The maximum atomic E-state index is 12.0. The molecule has 1 aliphatic heterocycles. The van der Waals surface area contributed by atoms with Crippen LogP contribution in [0.4, 0.5) is 0 Å². The lowest BCUT2D eigenvalue weighted by Gasteiger charge is -2.11. The summed E-state index contributed by atoms with van der Waals surface area (Å²) in [4.78, 5) is 16.1. The number of imidazole rings is 1. The molecule has 5 heteroatoms. The number of nitrogens with zero attached hydrogens (tertiary/aromatic N) is 2. The molecule has 1 atom stereocenters. The Labute approximate surface area is 105 Å². The summed E-state index contributed by atoms with van der Waals surface area (Å²) in [5, 5.41) is 6.32. The van der Waals surface area contributed by atoms with Crippen LogP contribution in [0, 0.1) is 0 Å². The highest BCUT2D eigenvalue weighted by atomic mass is 16.1. The molecule has 0 bridgehead atoms. The highest BCUT2D eigenvalue weighted by Crippen LogP contribution is 2.06. The van der Waals surface area contributed by atoms with E-state index in [1.165, 1.54) is 6.42 Å². The van der Waals surface area contributed by atoms with Gasteiger partial charge in [0.05, 0.1) is 5.56 Å². The van der Waals surface area contributed by atoms with Crippen molar-refractivity contribution in [1.29, 1.82) is 0 Å². The maximum Gasteiger partial charge on any atom is 0.252 e. The predicted molar refractivity (Wildman–Crippen MR) is 68.5 cm³/mol. The molecule has 1 amide bonds. The summed E-state index contributed by atoms with van der Waals surface area (Å²) < 4.78 is 1.85. The van der Waals surface area contributed by atoms with Gasteiger partial charge in [0.25, 0.3) is 5.91 Å². The van der Waals surface area contributed by atoms with Crippen molar-refractivity contribution in [3.05, 3.63) is 36.3 Å². The van der Waals surface area contributed by atoms with Crippen LogP contribution in [0.25, 0.3) is 5.65 Å². The van der Waals surface area contributed by atoms with Crippen molar-refractivity contribution in [3.8, 4) is 0 Å². The number of hydrogen-bond acceptors (Lipinski definition) is 3. The number of aromatic nitrogens is 2. The summed E-state index contributed by atoms with van der Waals surface area (Å²) in [7, 11) is 0. The number of fused-ring (bicyclic) bond motifs is 1. The normalized spacial score (nSPS) is 19.2. The zero-order chi connectivity index (χ0) is 12.4. The van der Waals surface area contributed by atoms with Crippen LogP contribution in [0.2, 0.25) is 0 Å². The Bertz CT molecular complexity index is 557. The van der Waals surface area contributed by atoms with Crippen LogP contribution >= 0.6 is 0 Å². The van der Waals surface area contributed by atoms with Gasteiger partial charge in [0.2, 0.25) is 0 Å². The monoisotopic (exact) mass is 244 g/mol. The first-order valence-corrected chi connectivity index (χ1v) is 6.27. The number of hydrogen-bond donors (Lipinski definition) is 2. The molecule has 2 N–H and O–H groups in total. The summed E-state index contributed by atoms with van der Waals surface area (Å²) in [6, 6.07) is 4.08. The van der Waals surface area contributed by atoms with Crippen molar-refractivity contribution in [1.82, 2.24) is 20.0 Å². The number of carbonyl (C=O) groups is 1. The number of carbonyl (C=O) groups excluding carboxylic acids is 1. The molecule has 2 aromatic rings. The van der Waals surface area contributed by atoms with Crippen molar-refractivity contribution in [2.24, 2.45) is 0 Å². The molecule has 5 nitrogen and oxygen atoms in total. The second-order valence-electron chi connectivity index (χ2n) is 4.61. The van der Waals surface area contributed by atoms with Crippen molar-refractivity contribution in [3.63, 3.8) is 0 Å². The quantitative estimate of drug-likeness (QED) is 0.840. The van der Waals surface area contributed by atoms with E-state index in [1.54, 1.807) is 18.5 Å². The van der Waals surface area contributed by atoms with E-state index < -0.39 is 0 Å². The van der Waals surface area contributed by atoms with Crippen LogP contribution in [-0.2, 0) is 0 Å². The largest absolute Gasteiger partial charge is 0.350 e. The van der Waals surface area contributed by atoms with Crippen LogP contribution in [0.1, 0.15) is 23.2 Å². The Morgan fingerprint density at radius 3 is 3.33 bits per heavy atom. The van der Waals surface area contributed by atoms with Gasteiger partial charge in [-0.05, 0) is 31.5 Å². The molecule has 1 saturated heterocycles. The van der Waals surface area contributed by atoms with Gasteiger partial charge in [0.15, 0.2) is 0 Å². The fourth-order valence-electron chi connectivity index (χ4n) is 2.30. The van der Waals surface area contributed by atoms with Crippen molar-refractivity contribution in [2.75, 3.05) is 13.1 Å². The van der Waals surface area contributed by atoms with Crippen LogP contribution in [-0.4, -0.2) is 34.4 Å². The molecule has 3 heterocycles. The molecular weight excluding hydrogens is 228 g/mol. The first-order valence-electron chi connectivity index (χ1n) is 6.27. The number of amides is 1. The first-order chi connectivity index (χ1) is 8.83. The molecule has 2 aromatic heterocycles. The molecule has 3 rings (SSSR count). The first kappa shape index (κ1) is 11.2. The molecule has 1 aliphatic rings. The fraction of sp³-hybridized carbons (Fsp3) is 0.385. The van der Waals surface area contributed by atoms with Gasteiger partial charge in [-0.3, -0.25) is 4.79 Å². The molecule has 0 saturated carbocycles. The Balaban J connectivity index is 1.67. The average Bonchev–Trinajstić information content (AvgIpc) is 3.05. The van der Waals surface area contributed by atoms with E-state index in [4.69, 9.17) is 0 Å². The van der Waals surface area contributed by atoms with Gasteiger partial charge < -0.3 is 15.0 Å². The summed E-state index contributed by atoms with van der Waals surface area (Å²) in [5.41, 5.74) is 1.52. The Morgan fingerprint density at radius 2 is 2.50 bits per heavy atom. The van der Waals surface area contributed by atoms with Gasteiger partial charge in [0.1, 0.15) is 5.65 Å². The van der Waals surface area contributed by atoms with E-state index in [0.717, 1.165) is 18.6 Å². The number of nitrogens with one attached hydrogen (secondary N) is 2. The van der Waals surface area contributed by atoms with E-state index in [2.05, 4.69) is 15.6 Å². The lowest BCUT2D eigenvalue weighted by Crippen LogP contribution is -2.37. The standard InChI is InChI=1S/C13H16N4O/c18-13(16-8-11-2-1-5-14-11)10-3-4-12-15-6-7-17(12)9-10/h3-4,6-7,9,11,14H,1-2,5,8H2,(H,16,18). The second-order valence-corrected chi connectivity index (χ2v) is 4.61. The highest BCUT2D eigenvalue weighted by Gasteiger charge is 2.15. The SMILES string of the molecule is O=C(NCC1CCCN1)c1ccc2nccn2c1. The third-order valence-electron chi connectivity index (χ3n) is 3.32. The molecule has 1 unspecified atom stereocenters. The minimum Gasteiger partial charge on any atom is -0.350 e. The molecule has 0 radical (unpaired) electrons. The summed E-state index contributed by atoms with van der Waals surface area (Å²) in [5.74, 6) is -0.0284. The Hall–Kier alpha value is -1.88. The fourth-order valence-corrected chi connectivity index (χ4v) is 2.30. The van der Waals surface area contributed by atoms with E-state index in [0.29, 0.717) is 18.2 Å². The predicted octanol–water partition coefficient (Wildman–Crippen LogP) is 0.816. The van der Waals surface area contributed by atoms with Gasteiger partial charge in [-0.1, -0.05) is 0 Å². The molecule has 94 valence electrons. The van der Waals surface area contributed by atoms with Crippen LogP contribution in [0.15, 0.2) is 30.7 Å². The molecule has 1 fully saturated rings. The number of pyridine rings is 1. The lowest BCUT2D eigenvalue weighted by molar-refractivity contribution is 0.0950. The Kier molecular flexibility index (Phi) is 2.98. The topological polar surface area (TPSA) is 58.4 Å². The number of rotatable bonds is 3. The van der Waals surface area contributed by atoms with E-state index in [1.807, 2.05) is 16.7 Å². The lowest BCUT2D eigenvalue weighted by atomic mass is 10.2. The molecule has 0 aliphatic carbocycles. The molecular formula is C13H16N4O. The third kappa shape index (κ3) is 2.22. The smallest absolute Gasteiger partial charge is 0.252 e. The van der Waals surface area contributed by atoms with E-state index >= 15 is 0 Å². The van der Waals surface area contributed by atoms with Crippen LogP contribution in [0.5, 0.6) is 0 Å². The minimum atomic E-state index is -0.0284. The van der Waals surface area contributed by atoms with Gasteiger partial charge in [-0.25, -0.2) is 4.98 Å². The van der Waals surface area contributed by atoms with Crippen LogP contribution < -0.4 is 10.6 Å². The molecule has 18 heavy (non-hydrogen) atoms. The minimum absolute atomic E-state index is 0.0284. The molecule has 0 aromatic carbocycles. The third-order valence-corrected chi connectivity index (χ3v) is 3.32. The Morgan fingerprint density at radius 1 is 1.56 bits per heavy atom. The van der Waals surface area contributed by atoms with E-state index in [-0.39, 0.29) is 5.91 Å². The van der Waals surface area contributed by atoms with Crippen molar-refractivity contribution in [2.45, 2.75) is 18.9 Å². The highest BCUT2D eigenvalue weighted by molar-refractivity contribution is 5.94. The van der Waals surface area contributed by atoms with Gasteiger partial charge >= 0.3 is 0 Å². The zero-order valence-electron chi connectivity index (χ0n) is 10.1. The summed E-state index contributed by atoms with van der Waals surface area (Å²) in [6.07, 6.45) is 7.70. The summed E-state index contributed by atoms with van der Waals surface area (Å²) in [6.45, 7) is 1.75. The van der Waals surface area contributed by atoms with E-state index in [9.17, 15) is 4.79 Å². The van der Waals surface area contributed by atoms with Crippen LogP contribution in [0.3, 0.4) is 0 Å². The average molecular weight is 244 g/mol. The maximum absolute atomic E-state index is 12.0. The van der Waals surface area contributed by atoms with Crippen molar-refractivity contribution >= 4 is 11.6 Å².